The molecule has 0 saturated carbocycles. The number of furan rings is 1. The normalized spacial score (nSPS) is 17.6. The summed E-state index contributed by atoms with van der Waals surface area (Å²) in [5.74, 6) is -0.0382. The van der Waals surface area contributed by atoms with E-state index in [-0.39, 0.29) is 18.2 Å². The summed E-state index contributed by atoms with van der Waals surface area (Å²) in [4.78, 5) is 25.7. The smallest absolute Gasteiger partial charge is 0.245 e. The van der Waals surface area contributed by atoms with E-state index in [4.69, 9.17) is 16.0 Å². The van der Waals surface area contributed by atoms with Crippen LogP contribution in [-0.2, 0) is 16.1 Å². The number of halogens is 1. The van der Waals surface area contributed by atoms with Gasteiger partial charge >= 0.3 is 0 Å². The first-order valence-corrected chi connectivity index (χ1v) is 7.88. The molecule has 0 aliphatic carbocycles. The Hall–Kier alpha value is -2.60. The largest absolute Gasteiger partial charge is 0.467 e. The second-order valence-corrected chi connectivity index (χ2v) is 5.98. The number of carbonyl (C=O) groups is 2. The fourth-order valence-corrected chi connectivity index (χ4v) is 2.63. The van der Waals surface area contributed by atoms with Crippen molar-refractivity contribution in [2.24, 2.45) is 11.0 Å². The molecule has 1 N–H and O–H groups in total. The van der Waals surface area contributed by atoms with Gasteiger partial charge in [-0.05, 0) is 29.8 Å². The van der Waals surface area contributed by atoms with Crippen LogP contribution in [0.4, 0.5) is 0 Å². The SMILES string of the molecule is O=C(N/N=C/c1ccc(Cl)cc1)C1CC(=O)N(Cc2ccco2)C1. The average Bonchev–Trinajstić information content (AvgIpc) is 3.20. The van der Waals surface area contributed by atoms with Crippen LogP contribution in [0.3, 0.4) is 0 Å². The van der Waals surface area contributed by atoms with E-state index >= 15 is 0 Å². The van der Waals surface area contributed by atoms with Gasteiger partial charge in [0.1, 0.15) is 5.76 Å². The molecule has 24 heavy (non-hydrogen) atoms. The lowest BCUT2D eigenvalue weighted by molar-refractivity contribution is -0.129. The van der Waals surface area contributed by atoms with Crippen LogP contribution < -0.4 is 5.43 Å². The van der Waals surface area contributed by atoms with Gasteiger partial charge in [0.2, 0.25) is 11.8 Å². The van der Waals surface area contributed by atoms with E-state index in [0.29, 0.717) is 23.9 Å². The standard InChI is InChI=1S/C17H16ClN3O3/c18-14-5-3-12(4-6-14)9-19-20-17(23)13-8-16(22)21(10-13)11-15-2-1-7-24-15/h1-7,9,13H,8,10-11H2,(H,20,23)/b19-9+. The van der Waals surface area contributed by atoms with Crippen molar-refractivity contribution in [1.82, 2.24) is 10.3 Å². The average molecular weight is 346 g/mol. The number of hydrazone groups is 1. The number of hydrogen-bond donors (Lipinski definition) is 1. The fourth-order valence-electron chi connectivity index (χ4n) is 2.50. The van der Waals surface area contributed by atoms with E-state index in [1.807, 2.05) is 0 Å². The highest BCUT2D eigenvalue weighted by molar-refractivity contribution is 6.30. The van der Waals surface area contributed by atoms with Crippen molar-refractivity contribution in [2.45, 2.75) is 13.0 Å². The predicted molar refractivity (Wildman–Crippen MR) is 89.4 cm³/mol. The van der Waals surface area contributed by atoms with Crippen molar-refractivity contribution in [3.63, 3.8) is 0 Å². The van der Waals surface area contributed by atoms with Crippen LogP contribution in [0.5, 0.6) is 0 Å². The Kier molecular flexibility index (Phi) is 4.96. The van der Waals surface area contributed by atoms with E-state index in [9.17, 15) is 9.59 Å². The van der Waals surface area contributed by atoms with Crippen LogP contribution in [-0.4, -0.2) is 29.5 Å². The van der Waals surface area contributed by atoms with Gasteiger partial charge in [-0.25, -0.2) is 5.43 Å². The summed E-state index contributed by atoms with van der Waals surface area (Å²) in [7, 11) is 0. The zero-order chi connectivity index (χ0) is 16.9. The third kappa shape index (κ3) is 4.02. The van der Waals surface area contributed by atoms with Crippen LogP contribution in [0.2, 0.25) is 5.02 Å². The quantitative estimate of drug-likeness (QED) is 0.668. The van der Waals surface area contributed by atoms with E-state index in [1.54, 1.807) is 47.6 Å². The summed E-state index contributed by atoms with van der Waals surface area (Å²) in [5, 5.41) is 4.56. The molecule has 1 aromatic heterocycles. The van der Waals surface area contributed by atoms with E-state index in [2.05, 4.69) is 10.5 Å². The summed E-state index contributed by atoms with van der Waals surface area (Å²) in [6, 6.07) is 10.6. The summed E-state index contributed by atoms with van der Waals surface area (Å²) in [5.41, 5.74) is 3.30. The molecule has 0 bridgehead atoms. The van der Waals surface area contributed by atoms with Gasteiger partial charge in [-0.2, -0.15) is 5.10 Å². The van der Waals surface area contributed by atoms with Gasteiger partial charge in [0, 0.05) is 18.0 Å². The third-order valence-corrected chi connectivity index (χ3v) is 4.02. The van der Waals surface area contributed by atoms with Crippen molar-refractivity contribution in [3.8, 4) is 0 Å². The number of rotatable bonds is 5. The highest BCUT2D eigenvalue weighted by Gasteiger charge is 2.34. The maximum absolute atomic E-state index is 12.1. The van der Waals surface area contributed by atoms with Crippen molar-refractivity contribution in [1.29, 1.82) is 0 Å². The van der Waals surface area contributed by atoms with Gasteiger partial charge in [0.25, 0.3) is 0 Å². The molecule has 2 heterocycles. The van der Waals surface area contributed by atoms with Crippen LogP contribution in [0.1, 0.15) is 17.7 Å². The van der Waals surface area contributed by atoms with Gasteiger partial charge in [-0.15, -0.1) is 0 Å². The van der Waals surface area contributed by atoms with E-state index < -0.39 is 5.92 Å². The maximum atomic E-state index is 12.1. The number of benzene rings is 1. The van der Waals surface area contributed by atoms with Crippen molar-refractivity contribution >= 4 is 29.6 Å². The van der Waals surface area contributed by atoms with Crippen LogP contribution >= 0.6 is 11.6 Å². The minimum Gasteiger partial charge on any atom is -0.467 e. The first-order chi connectivity index (χ1) is 11.6. The first kappa shape index (κ1) is 16.3. The summed E-state index contributed by atoms with van der Waals surface area (Å²) >= 11 is 5.80. The van der Waals surface area contributed by atoms with Gasteiger partial charge in [-0.3, -0.25) is 9.59 Å². The Labute approximate surface area is 144 Å². The number of likely N-dealkylation sites (tertiary alicyclic amines) is 1. The van der Waals surface area contributed by atoms with Gasteiger partial charge in [0.05, 0.1) is 24.9 Å². The minimum atomic E-state index is -0.408. The summed E-state index contributed by atoms with van der Waals surface area (Å²) in [6.45, 7) is 0.742. The van der Waals surface area contributed by atoms with Crippen molar-refractivity contribution in [3.05, 3.63) is 59.0 Å². The lowest BCUT2D eigenvalue weighted by Gasteiger charge is -2.14. The Morgan fingerprint density at radius 1 is 1.38 bits per heavy atom. The molecule has 1 atom stereocenters. The number of hydrogen-bond acceptors (Lipinski definition) is 4. The molecule has 1 saturated heterocycles. The summed E-state index contributed by atoms with van der Waals surface area (Å²) < 4.78 is 5.23. The Balaban J connectivity index is 1.52. The highest BCUT2D eigenvalue weighted by Crippen LogP contribution is 2.20. The molecular formula is C17H16ClN3O3. The second-order valence-electron chi connectivity index (χ2n) is 5.54. The first-order valence-electron chi connectivity index (χ1n) is 7.50. The Morgan fingerprint density at radius 2 is 2.17 bits per heavy atom. The highest BCUT2D eigenvalue weighted by atomic mass is 35.5. The third-order valence-electron chi connectivity index (χ3n) is 3.77. The van der Waals surface area contributed by atoms with E-state index in [1.165, 1.54) is 6.21 Å². The van der Waals surface area contributed by atoms with Gasteiger partial charge in [0.15, 0.2) is 0 Å². The Morgan fingerprint density at radius 3 is 2.88 bits per heavy atom. The van der Waals surface area contributed by atoms with Crippen LogP contribution in [0, 0.1) is 5.92 Å². The molecule has 3 rings (SSSR count). The molecule has 2 amide bonds. The molecule has 0 spiro atoms. The van der Waals surface area contributed by atoms with Gasteiger partial charge in [-0.1, -0.05) is 23.7 Å². The molecular weight excluding hydrogens is 330 g/mol. The molecule has 1 fully saturated rings. The number of nitrogens with one attached hydrogen (secondary N) is 1. The molecule has 1 aromatic carbocycles. The van der Waals surface area contributed by atoms with E-state index in [0.717, 1.165) is 5.56 Å². The molecule has 2 aromatic rings. The molecule has 0 radical (unpaired) electrons. The second kappa shape index (κ2) is 7.31. The molecule has 1 unspecified atom stereocenters. The fraction of sp³-hybridized carbons (Fsp3) is 0.235. The Bertz CT molecular complexity index is 741. The predicted octanol–water partition coefficient (Wildman–Crippen LogP) is 2.43. The van der Waals surface area contributed by atoms with Crippen LogP contribution in [0.15, 0.2) is 52.2 Å². The maximum Gasteiger partial charge on any atom is 0.245 e. The topological polar surface area (TPSA) is 74.9 Å². The van der Waals surface area contributed by atoms with Crippen molar-refractivity contribution < 1.29 is 14.0 Å². The zero-order valence-electron chi connectivity index (χ0n) is 12.8. The minimum absolute atomic E-state index is 0.0618. The molecule has 6 nitrogen and oxygen atoms in total. The molecule has 7 heteroatoms. The molecule has 124 valence electrons. The summed E-state index contributed by atoms with van der Waals surface area (Å²) in [6.07, 6.45) is 3.28. The zero-order valence-corrected chi connectivity index (χ0v) is 13.6. The monoisotopic (exact) mass is 345 g/mol. The lowest BCUT2D eigenvalue weighted by atomic mass is 10.1. The van der Waals surface area contributed by atoms with Gasteiger partial charge < -0.3 is 9.32 Å². The lowest BCUT2D eigenvalue weighted by Crippen LogP contribution is -2.30. The number of amides is 2. The van der Waals surface area contributed by atoms with Crippen molar-refractivity contribution in [2.75, 3.05) is 6.54 Å². The molecule has 1 aliphatic heterocycles. The molecule has 1 aliphatic rings. The number of nitrogens with zero attached hydrogens (tertiary/aromatic N) is 2. The van der Waals surface area contributed by atoms with Crippen LogP contribution in [0.25, 0.3) is 0 Å². The number of carbonyl (C=O) groups excluding carboxylic acids is 2.